The van der Waals surface area contributed by atoms with Crippen LogP contribution in [-0.4, -0.2) is 38.0 Å². The first-order valence-corrected chi connectivity index (χ1v) is 5.88. The predicted octanol–water partition coefficient (Wildman–Crippen LogP) is 0.952. The largest absolute Gasteiger partial charge is 0.466 e. The Hall–Kier alpha value is -2.90. The second kappa shape index (κ2) is 4.65. The van der Waals surface area contributed by atoms with Gasteiger partial charge in [-0.05, 0) is 6.07 Å². The fourth-order valence-electron chi connectivity index (χ4n) is 1.94. The van der Waals surface area contributed by atoms with Gasteiger partial charge in [-0.25, -0.2) is 5.10 Å². The number of methoxy groups -OCH3 is 1. The van der Waals surface area contributed by atoms with Gasteiger partial charge in [0, 0.05) is 12.4 Å². The summed E-state index contributed by atoms with van der Waals surface area (Å²) in [6, 6.07) is 7.66. The zero-order chi connectivity index (χ0) is 14.1. The first kappa shape index (κ1) is 12.2. The summed E-state index contributed by atoms with van der Waals surface area (Å²) in [4.78, 5) is 16.1. The number of aromatic amines is 1. The van der Waals surface area contributed by atoms with E-state index in [-0.39, 0.29) is 17.9 Å². The molecule has 0 radical (unpaired) electrons. The normalized spacial score (nSPS) is 10.7. The van der Waals surface area contributed by atoms with Crippen LogP contribution < -0.4 is 10.1 Å². The van der Waals surface area contributed by atoms with Crippen LogP contribution in [0.5, 0.6) is 6.01 Å². The van der Waals surface area contributed by atoms with Crippen molar-refractivity contribution in [1.82, 2.24) is 25.0 Å². The lowest BCUT2D eigenvalue weighted by Gasteiger charge is -1.97. The summed E-state index contributed by atoms with van der Waals surface area (Å²) in [7, 11) is 3.23. The zero-order valence-electron chi connectivity index (χ0n) is 10.9. The number of carbonyl (C=O) groups is 1. The molecule has 0 saturated carbocycles. The van der Waals surface area contributed by atoms with Gasteiger partial charge >= 0.3 is 6.01 Å². The van der Waals surface area contributed by atoms with Crippen LogP contribution >= 0.6 is 0 Å². The summed E-state index contributed by atoms with van der Waals surface area (Å²) in [5, 5.41) is 13.9. The van der Waals surface area contributed by atoms with Crippen LogP contribution in [-0.2, 0) is 7.05 Å². The van der Waals surface area contributed by atoms with Crippen LogP contribution in [0.15, 0.2) is 24.3 Å². The molecule has 0 bridgehead atoms. The average molecular weight is 272 g/mol. The number of ether oxygens (including phenoxy) is 1. The van der Waals surface area contributed by atoms with Crippen LogP contribution in [0, 0.1) is 0 Å². The van der Waals surface area contributed by atoms with E-state index >= 15 is 0 Å². The summed E-state index contributed by atoms with van der Waals surface area (Å²) in [6.45, 7) is 0. The minimum atomic E-state index is -0.361. The van der Waals surface area contributed by atoms with Crippen molar-refractivity contribution in [2.45, 2.75) is 0 Å². The molecular formula is C12H12N6O2. The summed E-state index contributed by atoms with van der Waals surface area (Å²) in [5.41, 5.74) is 1.21. The summed E-state index contributed by atoms with van der Waals surface area (Å²) in [6.07, 6.45) is 0. The van der Waals surface area contributed by atoms with Gasteiger partial charge in [-0.3, -0.25) is 14.8 Å². The molecule has 2 heterocycles. The van der Waals surface area contributed by atoms with Crippen molar-refractivity contribution in [2.24, 2.45) is 7.05 Å². The molecule has 3 aromatic rings. The van der Waals surface area contributed by atoms with E-state index in [4.69, 9.17) is 4.74 Å². The molecule has 20 heavy (non-hydrogen) atoms. The highest BCUT2D eigenvalue weighted by Crippen LogP contribution is 2.18. The van der Waals surface area contributed by atoms with Crippen molar-refractivity contribution < 1.29 is 9.53 Å². The molecular weight excluding hydrogens is 260 g/mol. The third kappa shape index (κ3) is 1.96. The molecule has 0 aliphatic heterocycles. The maximum atomic E-state index is 12.2. The highest BCUT2D eigenvalue weighted by atomic mass is 16.5. The Balaban J connectivity index is 1.92. The minimum absolute atomic E-state index is 0.158. The number of H-pyrrole nitrogens is 1. The fraction of sp³-hybridized carbons (Fsp3) is 0.167. The number of hydrogen-bond acceptors (Lipinski definition) is 5. The van der Waals surface area contributed by atoms with Gasteiger partial charge in [0.1, 0.15) is 0 Å². The molecule has 0 spiro atoms. The second-order valence-electron chi connectivity index (χ2n) is 4.11. The van der Waals surface area contributed by atoms with Gasteiger partial charge in [0.25, 0.3) is 5.91 Å². The molecule has 0 aliphatic rings. The van der Waals surface area contributed by atoms with Crippen LogP contribution in [0.2, 0.25) is 0 Å². The number of anilines is 1. The van der Waals surface area contributed by atoms with Crippen molar-refractivity contribution in [3.8, 4) is 6.01 Å². The molecule has 0 aliphatic carbocycles. The number of fused-ring (bicyclic) bond motifs is 1. The number of aryl methyl sites for hydroxylation is 1. The number of benzene rings is 1. The zero-order valence-corrected chi connectivity index (χ0v) is 10.9. The van der Waals surface area contributed by atoms with E-state index in [1.807, 2.05) is 24.3 Å². The van der Waals surface area contributed by atoms with Crippen molar-refractivity contribution in [3.05, 3.63) is 30.0 Å². The van der Waals surface area contributed by atoms with E-state index < -0.39 is 0 Å². The average Bonchev–Trinajstić information content (AvgIpc) is 3.04. The number of hydrogen-bond donors (Lipinski definition) is 2. The quantitative estimate of drug-likeness (QED) is 0.739. The summed E-state index contributed by atoms with van der Waals surface area (Å²) < 4.78 is 6.49. The van der Waals surface area contributed by atoms with E-state index in [9.17, 15) is 4.79 Å². The number of amides is 1. The van der Waals surface area contributed by atoms with E-state index in [2.05, 4.69) is 25.6 Å². The first-order valence-electron chi connectivity index (χ1n) is 5.88. The molecule has 2 N–H and O–H groups in total. The first-order chi connectivity index (χ1) is 9.69. The van der Waals surface area contributed by atoms with Crippen LogP contribution in [0.4, 0.5) is 5.95 Å². The summed E-state index contributed by atoms with van der Waals surface area (Å²) >= 11 is 0. The maximum absolute atomic E-state index is 12.2. The lowest BCUT2D eigenvalue weighted by molar-refractivity contribution is 0.102. The van der Waals surface area contributed by atoms with E-state index in [1.165, 1.54) is 7.11 Å². The molecule has 2 aromatic heterocycles. The third-order valence-corrected chi connectivity index (χ3v) is 2.85. The Morgan fingerprint density at radius 1 is 1.40 bits per heavy atom. The lowest BCUT2D eigenvalue weighted by Crippen LogP contribution is -2.14. The smallest absolute Gasteiger partial charge is 0.336 e. The molecule has 8 heteroatoms. The molecule has 3 rings (SSSR count). The number of carbonyl (C=O) groups excluding carboxylic acids is 1. The van der Waals surface area contributed by atoms with Gasteiger partial charge < -0.3 is 4.74 Å². The molecule has 0 saturated heterocycles. The van der Waals surface area contributed by atoms with Crippen LogP contribution in [0.1, 0.15) is 10.5 Å². The van der Waals surface area contributed by atoms with Gasteiger partial charge in [0.05, 0.1) is 12.6 Å². The van der Waals surface area contributed by atoms with Crippen LogP contribution in [0.25, 0.3) is 10.9 Å². The highest BCUT2D eigenvalue weighted by molar-refractivity contribution is 6.10. The second-order valence-corrected chi connectivity index (χ2v) is 4.11. The van der Waals surface area contributed by atoms with Gasteiger partial charge in [-0.15, -0.1) is 5.10 Å². The number of rotatable bonds is 3. The number of para-hydroxylation sites is 1. The molecule has 0 unspecified atom stereocenters. The number of nitrogens with zero attached hydrogens (tertiary/aromatic N) is 4. The Labute approximate surface area is 113 Å². The van der Waals surface area contributed by atoms with E-state index in [0.717, 1.165) is 10.9 Å². The SMILES string of the molecule is COc1n[nH]c(NC(=O)c2nn(C)c3ccccc23)n1. The topological polar surface area (TPSA) is 97.7 Å². The Kier molecular flexibility index (Phi) is 2.82. The molecule has 102 valence electrons. The number of nitrogens with one attached hydrogen (secondary N) is 2. The predicted molar refractivity (Wildman–Crippen MR) is 71.6 cm³/mol. The molecule has 1 aromatic carbocycles. The van der Waals surface area contributed by atoms with Gasteiger partial charge in [0.2, 0.25) is 5.95 Å². The van der Waals surface area contributed by atoms with E-state index in [0.29, 0.717) is 5.69 Å². The standard InChI is InChI=1S/C12H12N6O2/c1-18-8-6-4-3-5-7(8)9(17-18)10(19)13-11-14-12(20-2)16-15-11/h3-6H,1-2H3,(H2,13,14,15,16,19). The summed E-state index contributed by atoms with van der Waals surface area (Å²) in [5.74, 6) is -0.151. The Morgan fingerprint density at radius 2 is 2.20 bits per heavy atom. The van der Waals surface area contributed by atoms with E-state index in [1.54, 1.807) is 11.7 Å². The van der Waals surface area contributed by atoms with Crippen molar-refractivity contribution >= 4 is 22.8 Å². The van der Waals surface area contributed by atoms with Gasteiger partial charge in [-0.1, -0.05) is 18.2 Å². The van der Waals surface area contributed by atoms with Crippen molar-refractivity contribution in [3.63, 3.8) is 0 Å². The fourth-order valence-corrected chi connectivity index (χ4v) is 1.94. The van der Waals surface area contributed by atoms with Gasteiger partial charge in [-0.2, -0.15) is 10.1 Å². The van der Waals surface area contributed by atoms with Crippen molar-refractivity contribution in [1.29, 1.82) is 0 Å². The molecule has 8 nitrogen and oxygen atoms in total. The monoisotopic (exact) mass is 272 g/mol. The maximum Gasteiger partial charge on any atom is 0.336 e. The lowest BCUT2D eigenvalue weighted by atomic mass is 10.2. The Morgan fingerprint density at radius 3 is 2.95 bits per heavy atom. The molecule has 0 atom stereocenters. The minimum Gasteiger partial charge on any atom is -0.466 e. The molecule has 1 amide bonds. The molecule has 0 fully saturated rings. The van der Waals surface area contributed by atoms with Gasteiger partial charge in [0.15, 0.2) is 5.69 Å². The highest BCUT2D eigenvalue weighted by Gasteiger charge is 2.17. The third-order valence-electron chi connectivity index (χ3n) is 2.85. The number of aromatic nitrogens is 5. The van der Waals surface area contributed by atoms with Crippen LogP contribution in [0.3, 0.4) is 0 Å². The van der Waals surface area contributed by atoms with Crippen molar-refractivity contribution in [2.75, 3.05) is 12.4 Å². The Bertz CT molecular complexity index is 775.